The van der Waals surface area contributed by atoms with Gasteiger partial charge in [-0.15, -0.1) is 0 Å². The Bertz CT molecular complexity index is 667. The molecule has 0 spiro atoms. The molecule has 1 unspecified atom stereocenters. The smallest absolute Gasteiger partial charge is 0.253 e. The van der Waals surface area contributed by atoms with Gasteiger partial charge in [0.1, 0.15) is 0 Å². The monoisotopic (exact) mass is 337 g/mol. The molecule has 126 valence electrons. The molecule has 23 heavy (non-hydrogen) atoms. The summed E-state index contributed by atoms with van der Waals surface area (Å²) >= 11 is 0. The van der Waals surface area contributed by atoms with Gasteiger partial charge >= 0.3 is 0 Å². The average Bonchev–Trinajstić information content (AvgIpc) is 2.75. The zero-order chi connectivity index (χ0) is 16.3. The molecule has 1 atom stereocenters. The van der Waals surface area contributed by atoms with Gasteiger partial charge in [0.2, 0.25) is 0 Å². The van der Waals surface area contributed by atoms with E-state index in [0.717, 1.165) is 31.6 Å². The molecule has 2 saturated heterocycles. The molecule has 2 aliphatic heterocycles. The number of hydrogen-bond acceptors (Lipinski definition) is 5. The summed E-state index contributed by atoms with van der Waals surface area (Å²) in [6.07, 6.45) is 8.66. The molecule has 1 aromatic rings. The summed E-state index contributed by atoms with van der Waals surface area (Å²) in [4.78, 5) is 18.8. The molecule has 3 rings (SSSR count). The predicted octanol–water partition coefficient (Wildman–Crippen LogP) is 1.38. The zero-order valence-corrected chi connectivity index (χ0v) is 14.0. The second kappa shape index (κ2) is 6.86. The van der Waals surface area contributed by atoms with E-state index in [4.69, 9.17) is 0 Å². The molecular weight excluding hydrogens is 314 g/mol. The van der Waals surface area contributed by atoms with E-state index >= 15 is 0 Å². The molecule has 0 aromatic carbocycles. The van der Waals surface area contributed by atoms with E-state index in [-0.39, 0.29) is 23.5 Å². The quantitative estimate of drug-likeness (QED) is 0.901. The van der Waals surface area contributed by atoms with Crippen LogP contribution in [0.15, 0.2) is 18.5 Å². The molecule has 0 aliphatic carbocycles. The van der Waals surface area contributed by atoms with Gasteiger partial charge in [-0.3, -0.25) is 9.78 Å². The highest BCUT2D eigenvalue weighted by molar-refractivity contribution is 7.91. The number of hydrogen-bond donors (Lipinski definition) is 1. The van der Waals surface area contributed by atoms with Crippen molar-refractivity contribution >= 4 is 21.4 Å². The Morgan fingerprint density at radius 2 is 1.91 bits per heavy atom. The molecule has 0 bridgehead atoms. The van der Waals surface area contributed by atoms with Gasteiger partial charge < -0.3 is 10.2 Å². The minimum absolute atomic E-state index is 0.0397. The number of carbonyl (C=O) groups is 1. The van der Waals surface area contributed by atoms with E-state index in [1.165, 1.54) is 12.8 Å². The molecule has 0 saturated carbocycles. The molecule has 2 fully saturated rings. The number of nitrogens with zero attached hydrogens (tertiary/aromatic N) is 2. The van der Waals surface area contributed by atoms with Crippen LogP contribution in [0.2, 0.25) is 0 Å². The van der Waals surface area contributed by atoms with Gasteiger partial charge in [0.05, 0.1) is 29.0 Å². The lowest BCUT2D eigenvalue weighted by Gasteiger charge is -2.22. The topological polar surface area (TPSA) is 79.4 Å². The number of amides is 1. The third-order valence-corrected chi connectivity index (χ3v) is 6.29. The Labute approximate surface area is 137 Å². The van der Waals surface area contributed by atoms with Crippen LogP contribution >= 0.6 is 0 Å². The zero-order valence-electron chi connectivity index (χ0n) is 13.2. The Kier molecular flexibility index (Phi) is 4.84. The number of aromatic nitrogens is 1. The van der Waals surface area contributed by atoms with Gasteiger partial charge in [0.15, 0.2) is 9.84 Å². The van der Waals surface area contributed by atoms with Crippen LogP contribution in [0, 0.1) is 0 Å². The Morgan fingerprint density at radius 3 is 2.57 bits per heavy atom. The normalized spacial score (nSPS) is 24.2. The summed E-state index contributed by atoms with van der Waals surface area (Å²) in [5, 5.41) is 2.82. The van der Waals surface area contributed by atoms with Crippen molar-refractivity contribution in [1.82, 2.24) is 10.3 Å². The van der Waals surface area contributed by atoms with Crippen LogP contribution in [0.5, 0.6) is 0 Å². The molecule has 0 radical (unpaired) electrons. The number of anilines is 1. The highest BCUT2D eigenvalue weighted by Crippen LogP contribution is 2.20. The lowest BCUT2D eigenvalue weighted by Crippen LogP contribution is -2.35. The number of pyridine rings is 1. The maximum absolute atomic E-state index is 12.4. The van der Waals surface area contributed by atoms with E-state index in [1.807, 2.05) is 6.07 Å². The average molecular weight is 337 g/mol. The number of nitrogens with one attached hydrogen (secondary N) is 1. The fourth-order valence-electron chi connectivity index (χ4n) is 3.23. The molecule has 1 N–H and O–H groups in total. The first-order valence-electron chi connectivity index (χ1n) is 8.25. The number of sulfone groups is 1. The van der Waals surface area contributed by atoms with Gasteiger partial charge in [-0.25, -0.2) is 8.42 Å². The minimum Gasteiger partial charge on any atom is -0.370 e. The van der Waals surface area contributed by atoms with Crippen molar-refractivity contribution in [2.75, 3.05) is 29.5 Å². The van der Waals surface area contributed by atoms with Crippen molar-refractivity contribution in [3.05, 3.63) is 24.0 Å². The molecular formula is C16H23N3O3S. The molecule has 2 aliphatic rings. The van der Waals surface area contributed by atoms with Crippen LogP contribution in [0.4, 0.5) is 5.69 Å². The second-order valence-corrected chi connectivity index (χ2v) is 8.64. The SMILES string of the molecule is O=C(NC1CCS(=O)(=O)C1)c1cncc(N2CCCCCC2)c1. The van der Waals surface area contributed by atoms with Crippen LogP contribution in [0.3, 0.4) is 0 Å². The van der Waals surface area contributed by atoms with E-state index in [2.05, 4.69) is 15.2 Å². The van der Waals surface area contributed by atoms with Gasteiger partial charge in [-0.2, -0.15) is 0 Å². The van der Waals surface area contributed by atoms with Crippen molar-refractivity contribution in [3.8, 4) is 0 Å². The van der Waals surface area contributed by atoms with Gasteiger partial charge in [-0.1, -0.05) is 12.8 Å². The lowest BCUT2D eigenvalue weighted by molar-refractivity contribution is 0.0941. The van der Waals surface area contributed by atoms with Crippen molar-refractivity contribution in [3.63, 3.8) is 0 Å². The maximum Gasteiger partial charge on any atom is 0.253 e. The number of rotatable bonds is 3. The fraction of sp³-hybridized carbons (Fsp3) is 0.625. The van der Waals surface area contributed by atoms with Crippen molar-refractivity contribution < 1.29 is 13.2 Å². The van der Waals surface area contributed by atoms with Gasteiger partial charge in [0, 0.05) is 25.3 Å². The largest absolute Gasteiger partial charge is 0.370 e. The summed E-state index contributed by atoms with van der Waals surface area (Å²) in [7, 11) is -2.99. The van der Waals surface area contributed by atoms with Crippen LogP contribution < -0.4 is 10.2 Å². The van der Waals surface area contributed by atoms with Crippen LogP contribution in [-0.4, -0.2) is 49.9 Å². The minimum atomic E-state index is -2.99. The predicted molar refractivity (Wildman–Crippen MR) is 89.4 cm³/mol. The molecule has 6 nitrogen and oxygen atoms in total. The number of carbonyl (C=O) groups excluding carboxylic acids is 1. The Morgan fingerprint density at radius 1 is 1.17 bits per heavy atom. The van der Waals surface area contributed by atoms with Crippen LogP contribution in [0.1, 0.15) is 42.5 Å². The first-order valence-corrected chi connectivity index (χ1v) is 10.1. The highest BCUT2D eigenvalue weighted by atomic mass is 32.2. The highest BCUT2D eigenvalue weighted by Gasteiger charge is 2.29. The summed E-state index contributed by atoms with van der Waals surface area (Å²) in [6, 6.07) is 1.58. The first-order chi connectivity index (χ1) is 11.0. The Balaban J connectivity index is 1.68. The summed E-state index contributed by atoms with van der Waals surface area (Å²) in [5.74, 6) is -0.0431. The molecule has 3 heterocycles. The summed E-state index contributed by atoms with van der Waals surface area (Å²) < 4.78 is 23.0. The van der Waals surface area contributed by atoms with Gasteiger partial charge in [0.25, 0.3) is 5.91 Å². The molecule has 7 heteroatoms. The third kappa shape index (κ3) is 4.22. The van der Waals surface area contributed by atoms with E-state index < -0.39 is 9.84 Å². The first kappa shape index (κ1) is 16.2. The third-order valence-electron chi connectivity index (χ3n) is 4.52. The summed E-state index contributed by atoms with van der Waals surface area (Å²) in [6.45, 7) is 1.99. The fourth-order valence-corrected chi connectivity index (χ4v) is 4.90. The van der Waals surface area contributed by atoms with Crippen molar-refractivity contribution in [2.45, 2.75) is 38.1 Å². The van der Waals surface area contributed by atoms with Crippen molar-refractivity contribution in [1.29, 1.82) is 0 Å². The van der Waals surface area contributed by atoms with Gasteiger partial charge in [-0.05, 0) is 25.3 Å². The second-order valence-electron chi connectivity index (χ2n) is 6.41. The van der Waals surface area contributed by atoms with Crippen LogP contribution in [0.25, 0.3) is 0 Å². The van der Waals surface area contributed by atoms with E-state index in [0.29, 0.717) is 12.0 Å². The lowest BCUT2D eigenvalue weighted by atomic mass is 10.2. The van der Waals surface area contributed by atoms with E-state index in [9.17, 15) is 13.2 Å². The molecule has 1 amide bonds. The summed E-state index contributed by atoms with van der Waals surface area (Å²) in [5.41, 5.74) is 1.47. The van der Waals surface area contributed by atoms with E-state index in [1.54, 1.807) is 12.4 Å². The standard InChI is InChI=1S/C16H23N3O3S/c20-16(18-14-5-8-23(21,22)12-14)13-9-15(11-17-10-13)19-6-3-1-2-4-7-19/h9-11,14H,1-8,12H2,(H,18,20). The maximum atomic E-state index is 12.4. The van der Waals surface area contributed by atoms with Crippen LogP contribution in [-0.2, 0) is 9.84 Å². The Hall–Kier alpha value is -1.63. The molecule has 1 aromatic heterocycles. The van der Waals surface area contributed by atoms with Crippen molar-refractivity contribution in [2.24, 2.45) is 0 Å².